The van der Waals surface area contributed by atoms with Crippen LogP contribution in [-0.2, 0) is 14.8 Å². The normalized spacial score (nSPS) is 25.1. The highest BCUT2D eigenvalue weighted by Gasteiger charge is 2.30. The van der Waals surface area contributed by atoms with Gasteiger partial charge >= 0.3 is 0 Å². The Morgan fingerprint density at radius 1 is 1.57 bits per heavy atom. The van der Waals surface area contributed by atoms with E-state index in [1.165, 1.54) is 4.31 Å². The Labute approximate surface area is 85.3 Å². The smallest absolute Gasteiger partial charge is 0.214 e. The second-order valence-electron chi connectivity index (χ2n) is 3.32. The molecular weight excluding hydrogens is 204 g/mol. The van der Waals surface area contributed by atoms with Crippen molar-refractivity contribution in [1.82, 2.24) is 4.31 Å². The lowest BCUT2D eigenvalue weighted by Crippen LogP contribution is -2.49. The Hall–Kier alpha value is -0.170. The number of rotatable bonds is 4. The van der Waals surface area contributed by atoms with Gasteiger partial charge in [0.05, 0.1) is 19.0 Å². The number of nitrogens with two attached hydrogens (primary N) is 1. The van der Waals surface area contributed by atoms with Crippen LogP contribution in [0, 0.1) is 0 Å². The Morgan fingerprint density at radius 2 is 2.29 bits per heavy atom. The van der Waals surface area contributed by atoms with Crippen LogP contribution in [0.2, 0.25) is 0 Å². The Morgan fingerprint density at radius 3 is 2.86 bits per heavy atom. The SMILES string of the molecule is CCS(=O)(=O)N1CCOCC1CCN. The highest BCUT2D eigenvalue weighted by atomic mass is 32.2. The predicted molar refractivity (Wildman–Crippen MR) is 54.4 cm³/mol. The van der Waals surface area contributed by atoms with E-state index in [4.69, 9.17) is 10.5 Å². The molecule has 1 fully saturated rings. The summed E-state index contributed by atoms with van der Waals surface area (Å²) in [6.07, 6.45) is 0.666. The van der Waals surface area contributed by atoms with E-state index in [0.717, 1.165) is 0 Å². The zero-order valence-electron chi connectivity index (χ0n) is 8.48. The lowest BCUT2D eigenvalue weighted by molar-refractivity contribution is 0.0306. The van der Waals surface area contributed by atoms with Crippen LogP contribution < -0.4 is 5.73 Å². The largest absolute Gasteiger partial charge is 0.378 e. The maximum absolute atomic E-state index is 11.7. The molecule has 6 heteroatoms. The van der Waals surface area contributed by atoms with Gasteiger partial charge in [0.15, 0.2) is 0 Å². The molecule has 2 N–H and O–H groups in total. The van der Waals surface area contributed by atoms with Crippen molar-refractivity contribution in [3.05, 3.63) is 0 Å². The first-order valence-electron chi connectivity index (χ1n) is 4.89. The first-order valence-corrected chi connectivity index (χ1v) is 6.50. The molecule has 0 aromatic carbocycles. The number of hydrogen-bond acceptors (Lipinski definition) is 4. The van der Waals surface area contributed by atoms with Crippen LogP contribution in [0.1, 0.15) is 13.3 Å². The standard InChI is InChI=1S/C8H18N2O3S/c1-2-14(11,12)10-5-6-13-7-8(10)3-4-9/h8H,2-7,9H2,1H3. The summed E-state index contributed by atoms with van der Waals surface area (Å²) in [6, 6.07) is -0.0706. The second kappa shape index (κ2) is 5.06. The molecule has 0 aromatic rings. The van der Waals surface area contributed by atoms with Crippen molar-refractivity contribution in [3.63, 3.8) is 0 Å². The lowest BCUT2D eigenvalue weighted by Gasteiger charge is -2.34. The molecule has 0 aliphatic carbocycles. The first-order chi connectivity index (χ1) is 6.61. The van der Waals surface area contributed by atoms with E-state index < -0.39 is 10.0 Å². The summed E-state index contributed by atoms with van der Waals surface area (Å²) in [5.74, 6) is 0.147. The fraction of sp³-hybridized carbons (Fsp3) is 1.00. The number of sulfonamides is 1. The van der Waals surface area contributed by atoms with Gasteiger partial charge in [-0.05, 0) is 19.9 Å². The summed E-state index contributed by atoms with van der Waals surface area (Å²) in [6.45, 7) is 3.56. The third kappa shape index (κ3) is 2.66. The molecule has 0 spiro atoms. The molecule has 0 aromatic heterocycles. The average Bonchev–Trinajstić information content (AvgIpc) is 2.19. The van der Waals surface area contributed by atoms with Crippen LogP contribution in [0.15, 0.2) is 0 Å². The van der Waals surface area contributed by atoms with E-state index in [1.54, 1.807) is 6.92 Å². The first kappa shape index (κ1) is 11.9. The summed E-state index contributed by atoms with van der Waals surface area (Å²) in [5, 5.41) is 0. The van der Waals surface area contributed by atoms with Crippen molar-refractivity contribution in [3.8, 4) is 0 Å². The van der Waals surface area contributed by atoms with Crippen molar-refractivity contribution < 1.29 is 13.2 Å². The summed E-state index contributed by atoms with van der Waals surface area (Å²) in [4.78, 5) is 0. The maximum Gasteiger partial charge on any atom is 0.214 e. The molecule has 5 nitrogen and oxygen atoms in total. The zero-order valence-corrected chi connectivity index (χ0v) is 9.29. The number of nitrogens with zero attached hydrogens (tertiary/aromatic N) is 1. The summed E-state index contributed by atoms with van der Waals surface area (Å²) >= 11 is 0. The molecule has 0 radical (unpaired) electrons. The van der Waals surface area contributed by atoms with E-state index in [2.05, 4.69) is 0 Å². The average molecular weight is 222 g/mol. The number of morpholine rings is 1. The third-order valence-corrected chi connectivity index (χ3v) is 4.32. The number of ether oxygens (including phenoxy) is 1. The van der Waals surface area contributed by atoms with Gasteiger partial charge in [-0.2, -0.15) is 4.31 Å². The molecule has 0 bridgehead atoms. The molecule has 0 saturated carbocycles. The van der Waals surface area contributed by atoms with Crippen molar-refractivity contribution in [1.29, 1.82) is 0 Å². The van der Waals surface area contributed by atoms with Gasteiger partial charge in [0, 0.05) is 12.6 Å². The topological polar surface area (TPSA) is 72.6 Å². The third-order valence-electron chi connectivity index (χ3n) is 2.40. The highest BCUT2D eigenvalue weighted by Crippen LogP contribution is 2.14. The van der Waals surface area contributed by atoms with Crippen molar-refractivity contribution in [2.75, 3.05) is 32.1 Å². The van der Waals surface area contributed by atoms with Crippen LogP contribution in [0.4, 0.5) is 0 Å². The van der Waals surface area contributed by atoms with E-state index in [9.17, 15) is 8.42 Å². The van der Waals surface area contributed by atoms with Crippen LogP contribution in [0.25, 0.3) is 0 Å². The minimum Gasteiger partial charge on any atom is -0.378 e. The molecule has 1 atom stereocenters. The molecule has 84 valence electrons. The Kier molecular flexibility index (Phi) is 4.31. The monoisotopic (exact) mass is 222 g/mol. The molecule has 1 aliphatic heterocycles. The van der Waals surface area contributed by atoms with Crippen LogP contribution >= 0.6 is 0 Å². The quantitative estimate of drug-likeness (QED) is 0.688. The van der Waals surface area contributed by atoms with E-state index in [-0.39, 0.29) is 11.8 Å². The van der Waals surface area contributed by atoms with Gasteiger partial charge in [0.1, 0.15) is 0 Å². The van der Waals surface area contributed by atoms with Gasteiger partial charge in [-0.25, -0.2) is 8.42 Å². The Balaban J connectivity index is 2.72. The minimum absolute atomic E-state index is 0.0706. The minimum atomic E-state index is -3.09. The molecule has 1 unspecified atom stereocenters. The summed E-state index contributed by atoms with van der Waals surface area (Å²) in [5.41, 5.74) is 5.43. The van der Waals surface area contributed by atoms with Crippen molar-refractivity contribution in [2.45, 2.75) is 19.4 Å². The summed E-state index contributed by atoms with van der Waals surface area (Å²) in [7, 11) is -3.09. The molecule has 0 amide bonds. The van der Waals surface area contributed by atoms with Gasteiger partial charge in [0.25, 0.3) is 0 Å². The fourth-order valence-corrected chi connectivity index (χ4v) is 2.90. The lowest BCUT2D eigenvalue weighted by atomic mass is 10.2. The van der Waals surface area contributed by atoms with Crippen LogP contribution in [-0.4, -0.2) is 50.8 Å². The maximum atomic E-state index is 11.7. The van der Waals surface area contributed by atoms with Gasteiger partial charge in [-0.15, -0.1) is 0 Å². The van der Waals surface area contributed by atoms with Crippen LogP contribution in [0.5, 0.6) is 0 Å². The highest BCUT2D eigenvalue weighted by molar-refractivity contribution is 7.89. The van der Waals surface area contributed by atoms with Crippen molar-refractivity contribution in [2.24, 2.45) is 5.73 Å². The van der Waals surface area contributed by atoms with E-state index in [1.807, 2.05) is 0 Å². The molecule has 1 aliphatic rings. The van der Waals surface area contributed by atoms with Gasteiger partial charge in [-0.1, -0.05) is 0 Å². The number of hydrogen-bond donors (Lipinski definition) is 1. The molecular formula is C8H18N2O3S. The molecule has 1 rings (SSSR count). The molecule has 14 heavy (non-hydrogen) atoms. The summed E-state index contributed by atoms with van der Waals surface area (Å²) < 4.78 is 30.1. The van der Waals surface area contributed by atoms with Gasteiger partial charge < -0.3 is 10.5 Å². The predicted octanol–water partition coefficient (Wildman–Crippen LogP) is -0.614. The molecule has 1 saturated heterocycles. The van der Waals surface area contributed by atoms with E-state index in [0.29, 0.717) is 32.7 Å². The Bertz CT molecular complexity index is 264. The second-order valence-corrected chi connectivity index (χ2v) is 5.53. The van der Waals surface area contributed by atoms with E-state index >= 15 is 0 Å². The van der Waals surface area contributed by atoms with Gasteiger partial charge in [0.2, 0.25) is 10.0 Å². The zero-order chi connectivity index (χ0) is 10.6. The molecule has 1 heterocycles. The van der Waals surface area contributed by atoms with Crippen LogP contribution in [0.3, 0.4) is 0 Å². The fourth-order valence-electron chi connectivity index (χ4n) is 1.59. The van der Waals surface area contributed by atoms with Gasteiger partial charge in [-0.3, -0.25) is 0 Å². The van der Waals surface area contributed by atoms with Crippen molar-refractivity contribution >= 4 is 10.0 Å².